The van der Waals surface area contributed by atoms with Gasteiger partial charge in [-0.1, -0.05) is 0 Å². The van der Waals surface area contributed by atoms with Crippen LogP contribution in [0.15, 0.2) is 24.3 Å². The van der Waals surface area contributed by atoms with Gasteiger partial charge in [0.05, 0.1) is 12.5 Å². The standard InChI is InChI=1S/C8H9OPS2/c1-2-9-7-3-5-8(6-4-7)10(11)12/h3-6H,2H2,1H3. The van der Waals surface area contributed by atoms with Crippen LogP contribution in [0, 0.1) is 0 Å². The zero-order chi connectivity index (χ0) is 8.97. The Morgan fingerprint density at radius 2 is 2.00 bits per heavy atom. The van der Waals surface area contributed by atoms with E-state index in [-0.39, 0.29) is 0 Å². The van der Waals surface area contributed by atoms with Crippen LogP contribution >= 0.6 is 5.90 Å². The fourth-order valence-corrected chi connectivity index (χ4v) is 1.95. The second-order valence-electron chi connectivity index (χ2n) is 2.18. The molecule has 0 radical (unpaired) electrons. The van der Waals surface area contributed by atoms with Gasteiger partial charge in [-0.15, -0.1) is 0 Å². The highest BCUT2D eigenvalue weighted by Crippen LogP contribution is 2.18. The molecule has 64 valence electrons. The molecule has 1 nitrogen and oxygen atoms in total. The molecule has 4 heteroatoms. The van der Waals surface area contributed by atoms with Crippen molar-refractivity contribution in [3.63, 3.8) is 0 Å². The lowest BCUT2D eigenvalue weighted by atomic mass is 10.3. The first-order chi connectivity index (χ1) is 5.74. The Hall–Kier alpha value is -0.110. The second kappa shape index (κ2) is 4.80. The predicted molar refractivity (Wildman–Crippen MR) is 58.9 cm³/mol. The molecule has 1 aromatic rings. The SMILES string of the molecule is CCOc1ccc([P+](=S)[S-])cc1. The monoisotopic (exact) mass is 216 g/mol. The van der Waals surface area contributed by atoms with Crippen molar-refractivity contribution >= 4 is 35.3 Å². The van der Waals surface area contributed by atoms with Gasteiger partial charge in [-0.05, 0) is 31.2 Å². The Labute approximate surface area is 83.7 Å². The molecule has 0 fully saturated rings. The molecule has 0 N–H and O–H groups in total. The molecular formula is C8H9OPS2. The molecule has 0 saturated heterocycles. The Morgan fingerprint density at radius 3 is 2.42 bits per heavy atom. The van der Waals surface area contributed by atoms with Crippen LogP contribution in [0.4, 0.5) is 0 Å². The maximum absolute atomic E-state index is 5.28. The minimum Gasteiger partial charge on any atom is -0.494 e. The van der Waals surface area contributed by atoms with Crippen molar-refractivity contribution in [3.8, 4) is 5.75 Å². The van der Waals surface area contributed by atoms with Gasteiger partial charge < -0.3 is 17.0 Å². The summed E-state index contributed by atoms with van der Waals surface area (Å²) in [6.07, 6.45) is 0. The second-order valence-corrected chi connectivity index (χ2v) is 6.10. The largest absolute Gasteiger partial charge is 0.494 e. The van der Waals surface area contributed by atoms with E-state index in [0.717, 1.165) is 11.1 Å². The highest BCUT2D eigenvalue weighted by Gasteiger charge is 1.99. The molecule has 0 aromatic heterocycles. The Balaban J connectivity index is 2.78. The zero-order valence-electron chi connectivity index (χ0n) is 6.69. The van der Waals surface area contributed by atoms with E-state index in [0.29, 0.717) is 6.61 Å². The van der Waals surface area contributed by atoms with E-state index in [1.807, 2.05) is 31.2 Å². The maximum Gasteiger partial charge on any atom is 0.139 e. The van der Waals surface area contributed by atoms with Crippen molar-refractivity contribution < 1.29 is 4.74 Å². The minimum atomic E-state index is -0.806. The molecule has 0 aliphatic rings. The Morgan fingerprint density at radius 1 is 1.42 bits per heavy atom. The average molecular weight is 216 g/mol. The van der Waals surface area contributed by atoms with Gasteiger partial charge in [0, 0.05) is 0 Å². The summed E-state index contributed by atoms with van der Waals surface area (Å²) in [5.41, 5.74) is 0. The lowest BCUT2D eigenvalue weighted by Crippen LogP contribution is -1.96. The first-order valence-corrected chi connectivity index (χ1v) is 6.98. The van der Waals surface area contributed by atoms with E-state index >= 15 is 0 Å². The van der Waals surface area contributed by atoms with E-state index < -0.39 is 5.90 Å². The fourth-order valence-electron chi connectivity index (χ4n) is 0.831. The van der Waals surface area contributed by atoms with Crippen LogP contribution in [0.1, 0.15) is 6.92 Å². The molecule has 0 heterocycles. The summed E-state index contributed by atoms with van der Waals surface area (Å²) < 4.78 is 5.28. The molecule has 0 aliphatic carbocycles. The molecule has 0 spiro atoms. The van der Waals surface area contributed by atoms with Crippen LogP contribution < -0.4 is 10.0 Å². The van der Waals surface area contributed by atoms with Crippen molar-refractivity contribution in [2.75, 3.05) is 6.61 Å². The third kappa shape index (κ3) is 2.74. The van der Waals surface area contributed by atoms with Crippen molar-refractivity contribution in [2.24, 2.45) is 0 Å². The summed E-state index contributed by atoms with van der Waals surface area (Å²) >= 11 is 9.98. The van der Waals surface area contributed by atoms with Gasteiger partial charge in [-0.3, -0.25) is 0 Å². The zero-order valence-corrected chi connectivity index (χ0v) is 9.22. The van der Waals surface area contributed by atoms with Crippen LogP contribution in [0.5, 0.6) is 5.75 Å². The van der Waals surface area contributed by atoms with E-state index in [4.69, 9.17) is 28.8 Å². The van der Waals surface area contributed by atoms with Gasteiger partial charge >= 0.3 is 0 Å². The predicted octanol–water partition coefficient (Wildman–Crippen LogP) is 2.12. The summed E-state index contributed by atoms with van der Waals surface area (Å²) in [4.78, 5) is 0. The lowest BCUT2D eigenvalue weighted by Gasteiger charge is -2.01. The Kier molecular flexibility index (Phi) is 3.99. The first-order valence-electron chi connectivity index (χ1n) is 3.61. The van der Waals surface area contributed by atoms with E-state index in [1.165, 1.54) is 0 Å². The molecule has 1 rings (SSSR count). The van der Waals surface area contributed by atoms with Crippen LogP contribution in [0.3, 0.4) is 0 Å². The summed E-state index contributed by atoms with van der Waals surface area (Å²) in [7, 11) is 0. The first kappa shape index (κ1) is 9.97. The van der Waals surface area contributed by atoms with Crippen LogP contribution in [0.25, 0.3) is 0 Å². The molecule has 1 aromatic carbocycles. The normalized spacial score (nSPS) is 11.0. The fraction of sp³-hybridized carbons (Fsp3) is 0.250. The maximum atomic E-state index is 5.28. The highest BCUT2D eigenvalue weighted by molar-refractivity contribution is 8.49. The summed E-state index contributed by atoms with van der Waals surface area (Å²) in [5, 5.41) is 1.05. The molecule has 12 heavy (non-hydrogen) atoms. The number of rotatable bonds is 3. The van der Waals surface area contributed by atoms with E-state index in [9.17, 15) is 0 Å². The highest BCUT2D eigenvalue weighted by atomic mass is 32.9. The molecule has 0 aliphatic heterocycles. The van der Waals surface area contributed by atoms with Crippen LogP contribution in [0.2, 0.25) is 0 Å². The molecule has 0 bridgehead atoms. The van der Waals surface area contributed by atoms with E-state index in [2.05, 4.69) is 0 Å². The smallest absolute Gasteiger partial charge is 0.139 e. The Bertz CT molecular complexity index is 271. The van der Waals surface area contributed by atoms with Gasteiger partial charge in [0.2, 0.25) is 0 Å². The van der Waals surface area contributed by atoms with Crippen LogP contribution in [-0.2, 0) is 24.1 Å². The van der Waals surface area contributed by atoms with Crippen molar-refractivity contribution in [1.82, 2.24) is 0 Å². The average Bonchev–Trinajstić information content (AvgIpc) is 2.06. The van der Waals surface area contributed by atoms with E-state index in [1.54, 1.807) is 0 Å². The van der Waals surface area contributed by atoms with Gasteiger partial charge in [0.1, 0.15) is 22.9 Å². The van der Waals surface area contributed by atoms with Gasteiger partial charge in [-0.25, -0.2) is 0 Å². The summed E-state index contributed by atoms with van der Waals surface area (Å²) in [5.74, 6) is 0.0717. The number of hydrogen-bond donors (Lipinski definition) is 0. The molecule has 0 amide bonds. The molecule has 1 atom stereocenters. The molecule has 1 unspecified atom stereocenters. The van der Waals surface area contributed by atoms with Gasteiger partial charge in [0.25, 0.3) is 0 Å². The van der Waals surface area contributed by atoms with Crippen molar-refractivity contribution in [3.05, 3.63) is 24.3 Å². The number of hydrogen-bond acceptors (Lipinski definition) is 3. The number of benzene rings is 1. The van der Waals surface area contributed by atoms with Gasteiger partial charge in [-0.2, -0.15) is 0 Å². The summed E-state index contributed by atoms with van der Waals surface area (Å²) in [6, 6.07) is 7.70. The van der Waals surface area contributed by atoms with Crippen molar-refractivity contribution in [1.29, 1.82) is 0 Å². The molecular weight excluding hydrogens is 207 g/mol. The topological polar surface area (TPSA) is 9.23 Å². The minimum absolute atomic E-state index is 0.690. The van der Waals surface area contributed by atoms with Gasteiger partial charge in [0.15, 0.2) is 0 Å². The third-order valence-corrected chi connectivity index (χ3v) is 3.34. The lowest BCUT2D eigenvalue weighted by molar-refractivity contribution is 0.340. The quantitative estimate of drug-likeness (QED) is 0.566. The summed E-state index contributed by atoms with van der Waals surface area (Å²) in [6.45, 7) is 2.65. The van der Waals surface area contributed by atoms with Crippen LogP contribution in [-0.4, -0.2) is 6.61 Å². The molecule has 0 saturated carbocycles. The third-order valence-electron chi connectivity index (χ3n) is 1.36. The number of ether oxygens (including phenoxy) is 1. The van der Waals surface area contributed by atoms with Crippen molar-refractivity contribution in [2.45, 2.75) is 6.92 Å².